The summed E-state index contributed by atoms with van der Waals surface area (Å²) in [6.07, 6.45) is 2.12. The molecular weight excluding hydrogens is 138 g/mol. The van der Waals surface area contributed by atoms with Crippen molar-refractivity contribution < 1.29 is 0 Å². The van der Waals surface area contributed by atoms with E-state index in [4.69, 9.17) is 5.84 Å². The Balaban J connectivity index is 2.74. The Labute approximate surface area is 66.6 Å². The number of hydrogen-bond acceptors (Lipinski definition) is 3. The lowest BCUT2D eigenvalue weighted by atomic mass is 10.2. The summed E-state index contributed by atoms with van der Waals surface area (Å²) < 4.78 is 0. The summed E-state index contributed by atoms with van der Waals surface area (Å²) in [5, 5.41) is 0. The van der Waals surface area contributed by atoms with E-state index in [2.05, 4.69) is 17.3 Å². The van der Waals surface area contributed by atoms with Crippen molar-refractivity contribution >= 4 is 5.82 Å². The average molecular weight is 151 g/mol. The first-order chi connectivity index (χ1) is 5.36. The van der Waals surface area contributed by atoms with Gasteiger partial charge in [-0.05, 0) is 18.6 Å². The van der Waals surface area contributed by atoms with Crippen LogP contribution in [0.1, 0.15) is 19.0 Å². The zero-order chi connectivity index (χ0) is 8.10. The Hall–Kier alpha value is -1.09. The highest BCUT2D eigenvalue weighted by Gasteiger charge is 1.93. The van der Waals surface area contributed by atoms with Crippen LogP contribution in [-0.4, -0.2) is 4.98 Å². The van der Waals surface area contributed by atoms with Crippen molar-refractivity contribution in [1.82, 2.24) is 4.98 Å². The molecule has 1 aromatic heterocycles. The molecule has 0 aromatic carbocycles. The molecule has 0 unspecified atom stereocenters. The fourth-order valence-corrected chi connectivity index (χ4v) is 0.955. The number of nitrogens with zero attached hydrogens (tertiary/aromatic N) is 1. The first-order valence-electron chi connectivity index (χ1n) is 3.79. The van der Waals surface area contributed by atoms with Crippen molar-refractivity contribution in [3.05, 3.63) is 23.9 Å². The van der Waals surface area contributed by atoms with Crippen LogP contribution in [0.2, 0.25) is 0 Å². The average Bonchev–Trinajstić information content (AvgIpc) is 2.06. The number of nitrogens with two attached hydrogens (primary N) is 1. The Morgan fingerprint density at radius 1 is 1.55 bits per heavy atom. The van der Waals surface area contributed by atoms with Crippen molar-refractivity contribution in [2.24, 2.45) is 5.84 Å². The van der Waals surface area contributed by atoms with E-state index in [9.17, 15) is 0 Å². The van der Waals surface area contributed by atoms with Crippen LogP contribution >= 0.6 is 0 Å². The molecular formula is C8H13N3. The largest absolute Gasteiger partial charge is 0.308 e. The summed E-state index contributed by atoms with van der Waals surface area (Å²) in [6.45, 7) is 2.13. The van der Waals surface area contributed by atoms with Crippen molar-refractivity contribution in [3.8, 4) is 0 Å². The molecule has 1 rings (SSSR count). The lowest BCUT2D eigenvalue weighted by Crippen LogP contribution is -2.08. The van der Waals surface area contributed by atoms with E-state index in [0.29, 0.717) is 0 Å². The van der Waals surface area contributed by atoms with E-state index in [0.717, 1.165) is 24.4 Å². The molecule has 3 heteroatoms. The molecule has 0 fully saturated rings. The summed E-state index contributed by atoms with van der Waals surface area (Å²) in [6, 6.07) is 5.80. The molecule has 0 atom stereocenters. The van der Waals surface area contributed by atoms with Crippen molar-refractivity contribution in [2.45, 2.75) is 19.8 Å². The van der Waals surface area contributed by atoms with Crippen molar-refractivity contribution in [1.29, 1.82) is 0 Å². The first-order valence-corrected chi connectivity index (χ1v) is 3.79. The maximum atomic E-state index is 5.20. The Morgan fingerprint density at radius 2 is 2.36 bits per heavy atom. The Kier molecular flexibility index (Phi) is 2.86. The van der Waals surface area contributed by atoms with Gasteiger partial charge in [0.25, 0.3) is 0 Å². The van der Waals surface area contributed by atoms with Gasteiger partial charge in [0.05, 0.1) is 0 Å². The third-order valence-corrected chi connectivity index (χ3v) is 1.46. The lowest BCUT2D eigenvalue weighted by Gasteiger charge is -2.00. The van der Waals surface area contributed by atoms with E-state index in [1.807, 2.05) is 18.2 Å². The third-order valence-electron chi connectivity index (χ3n) is 1.46. The first kappa shape index (κ1) is 8.01. The standard InChI is InChI=1S/C8H13N3/c1-2-4-7-5-3-6-8(10-7)11-9/h3,5-6H,2,4,9H2,1H3,(H,10,11). The fourth-order valence-electron chi connectivity index (χ4n) is 0.955. The Bertz CT molecular complexity index is 222. The zero-order valence-corrected chi connectivity index (χ0v) is 6.67. The molecule has 3 N–H and O–H groups in total. The van der Waals surface area contributed by atoms with Gasteiger partial charge in [0, 0.05) is 5.69 Å². The SMILES string of the molecule is CCCc1cccc(NN)n1. The van der Waals surface area contributed by atoms with Crippen molar-refractivity contribution in [2.75, 3.05) is 5.43 Å². The predicted octanol–water partition coefficient (Wildman–Crippen LogP) is 1.32. The minimum absolute atomic E-state index is 0.732. The molecule has 0 bridgehead atoms. The number of nitrogen functional groups attached to an aromatic ring is 1. The monoisotopic (exact) mass is 151 g/mol. The second-order valence-electron chi connectivity index (χ2n) is 2.41. The lowest BCUT2D eigenvalue weighted by molar-refractivity contribution is 0.883. The van der Waals surface area contributed by atoms with Gasteiger partial charge in [0.15, 0.2) is 0 Å². The van der Waals surface area contributed by atoms with Gasteiger partial charge in [-0.1, -0.05) is 19.4 Å². The number of anilines is 1. The number of hydrazine groups is 1. The molecule has 0 saturated heterocycles. The molecule has 0 aliphatic rings. The van der Waals surface area contributed by atoms with Crippen LogP contribution in [0.3, 0.4) is 0 Å². The summed E-state index contributed by atoms with van der Waals surface area (Å²) in [4.78, 5) is 4.24. The minimum Gasteiger partial charge on any atom is -0.308 e. The van der Waals surface area contributed by atoms with Crippen LogP contribution in [0.4, 0.5) is 5.82 Å². The molecule has 0 saturated carbocycles. The number of pyridine rings is 1. The molecule has 0 amide bonds. The number of hydrogen-bond donors (Lipinski definition) is 2. The van der Waals surface area contributed by atoms with E-state index in [1.54, 1.807) is 0 Å². The van der Waals surface area contributed by atoms with Crippen LogP contribution in [0.25, 0.3) is 0 Å². The van der Waals surface area contributed by atoms with Crippen LogP contribution in [-0.2, 0) is 6.42 Å². The van der Waals surface area contributed by atoms with Gasteiger partial charge in [0.2, 0.25) is 0 Å². The molecule has 1 aromatic rings. The number of nitrogens with one attached hydrogen (secondary N) is 1. The summed E-state index contributed by atoms with van der Waals surface area (Å²) in [7, 11) is 0. The highest BCUT2D eigenvalue weighted by Crippen LogP contribution is 2.04. The van der Waals surface area contributed by atoms with Crippen LogP contribution in [0.5, 0.6) is 0 Å². The highest BCUT2D eigenvalue weighted by molar-refractivity contribution is 5.33. The maximum absolute atomic E-state index is 5.20. The highest BCUT2D eigenvalue weighted by atomic mass is 15.2. The van der Waals surface area contributed by atoms with Gasteiger partial charge < -0.3 is 5.43 Å². The van der Waals surface area contributed by atoms with Crippen LogP contribution in [0.15, 0.2) is 18.2 Å². The van der Waals surface area contributed by atoms with E-state index in [-0.39, 0.29) is 0 Å². The molecule has 0 radical (unpaired) electrons. The fraction of sp³-hybridized carbons (Fsp3) is 0.375. The smallest absolute Gasteiger partial charge is 0.140 e. The molecule has 60 valence electrons. The molecule has 0 spiro atoms. The summed E-state index contributed by atoms with van der Waals surface area (Å²) in [5.41, 5.74) is 3.60. The number of rotatable bonds is 3. The summed E-state index contributed by atoms with van der Waals surface area (Å²) in [5.74, 6) is 5.93. The third kappa shape index (κ3) is 2.20. The maximum Gasteiger partial charge on any atom is 0.140 e. The van der Waals surface area contributed by atoms with Gasteiger partial charge in [-0.2, -0.15) is 0 Å². The minimum atomic E-state index is 0.732. The molecule has 1 heterocycles. The molecule has 11 heavy (non-hydrogen) atoms. The van der Waals surface area contributed by atoms with Crippen LogP contribution in [0, 0.1) is 0 Å². The summed E-state index contributed by atoms with van der Waals surface area (Å²) >= 11 is 0. The second-order valence-corrected chi connectivity index (χ2v) is 2.41. The zero-order valence-electron chi connectivity index (χ0n) is 6.67. The van der Waals surface area contributed by atoms with E-state index >= 15 is 0 Å². The van der Waals surface area contributed by atoms with Crippen LogP contribution < -0.4 is 11.3 Å². The van der Waals surface area contributed by atoms with Crippen molar-refractivity contribution in [3.63, 3.8) is 0 Å². The van der Waals surface area contributed by atoms with Gasteiger partial charge in [-0.25, -0.2) is 10.8 Å². The molecule has 0 aliphatic heterocycles. The van der Waals surface area contributed by atoms with Gasteiger partial charge in [-0.15, -0.1) is 0 Å². The number of aromatic nitrogens is 1. The second kappa shape index (κ2) is 3.93. The number of aryl methyl sites for hydroxylation is 1. The van der Waals surface area contributed by atoms with Gasteiger partial charge in [0.1, 0.15) is 5.82 Å². The topological polar surface area (TPSA) is 50.9 Å². The molecule has 0 aliphatic carbocycles. The molecule has 3 nitrogen and oxygen atoms in total. The Morgan fingerprint density at radius 3 is 3.00 bits per heavy atom. The normalized spacial score (nSPS) is 9.64. The quantitative estimate of drug-likeness (QED) is 0.506. The van der Waals surface area contributed by atoms with Gasteiger partial charge in [-0.3, -0.25) is 0 Å². The van der Waals surface area contributed by atoms with E-state index in [1.165, 1.54) is 0 Å². The predicted molar refractivity (Wildman–Crippen MR) is 46.0 cm³/mol. The van der Waals surface area contributed by atoms with Gasteiger partial charge >= 0.3 is 0 Å². The van der Waals surface area contributed by atoms with E-state index < -0.39 is 0 Å².